The van der Waals surface area contributed by atoms with Gasteiger partial charge in [0.05, 0.1) is 11.5 Å². The lowest BCUT2D eigenvalue weighted by Gasteiger charge is -2.20. The van der Waals surface area contributed by atoms with Gasteiger partial charge in [-0.15, -0.1) is 24.0 Å². The summed E-state index contributed by atoms with van der Waals surface area (Å²) in [6.07, 6.45) is 0.864. The molecule has 1 unspecified atom stereocenters. The van der Waals surface area contributed by atoms with Crippen LogP contribution in [0, 0.1) is 0 Å². The van der Waals surface area contributed by atoms with Crippen LogP contribution in [-0.4, -0.2) is 63.8 Å². The molecule has 1 saturated heterocycles. The van der Waals surface area contributed by atoms with E-state index >= 15 is 0 Å². The largest absolute Gasteiger partial charge is 0.444 e. The van der Waals surface area contributed by atoms with Gasteiger partial charge in [0.25, 0.3) is 0 Å². The van der Waals surface area contributed by atoms with Crippen LogP contribution in [0.4, 0.5) is 4.79 Å². The molecular formula is C14H29IN4O4S. The SMILES string of the molecule is CN=C(NCCCNC(=O)OC(C)(C)C)NC1CCS(=O)(=O)C1.I. The summed E-state index contributed by atoms with van der Waals surface area (Å²) in [7, 11) is -1.27. The molecule has 1 fully saturated rings. The molecule has 0 spiro atoms. The molecule has 1 amide bonds. The number of alkyl carbamates (subject to hydrolysis) is 1. The normalized spacial score (nSPS) is 20.0. The lowest BCUT2D eigenvalue weighted by atomic mass is 10.2. The summed E-state index contributed by atoms with van der Waals surface area (Å²) in [5, 5.41) is 8.87. The summed E-state index contributed by atoms with van der Waals surface area (Å²) in [4.78, 5) is 15.5. The van der Waals surface area contributed by atoms with E-state index < -0.39 is 21.5 Å². The van der Waals surface area contributed by atoms with Crippen LogP contribution in [0.3, 0.4) is 0 Å². The fourth-order valence-electron chi connectivity index (χ4n) is 2.10. The molecule has 3 N–H and O–H groups in total. The van der Waals surface area contributed by atoms with Gasteiger partial charge in [0, 0.05) is 26.2 Å². The number of hydrogen-bond donors (Lipinski definition) is 3. The Morgan fingerprint density at radius 1 is 1.25 bits per heavy atom. The van der Waals surface area contributed by atoms with Crippen molar-refractivity contribution < 1.29 is 17.9 Å². The average molecular weight is 476 g/mol. The molecule has 10 heteroatoms. The lowest BCUT2D eigenvalue weighted by molar-refractivity contribution is 0.0527. The summed E-state index contributed by atoms with van der Waals surface area (Å²) in [6, 6.07) is -0.0916. The predicted molar refractivity (Wildman–Crippen MR) is 106 cm³/mol. The smallest absolute Gasteiger partial charge is 0.407 e. The Kier molecular flexibility index (Phi) is 9.93. The van der Waals surface area contributed by atoms with Crippen molar-refractivity contribution in [3.05, 3.63) is 0 Å². The first-order valence-electron chi connectivity index (χ1n) is 7.76. The van der Waals surface area contributed by atoms with Crippen LogP contribution in [-0.2, 0) is 14.6 Å². The Hall–Kier alpha value is -0.780. The number of aliphatic imine (C=N–C) groups is 1. The number of nitrogens with one attached hydrogen (secondary N) is 3. The van der Waals surface area contributed by atoms with Gasteiger partial charge in [-0.05, 0) is 33.6 Å². The van der Waals surface area contributed by atoms with Gasteiger partial charge in [0.2, 0.25) is 0 Å². The summed E-state index contributed by atoms with van der Waals surface area (Å²) < 4.78 is 28.0. The molecule has 8 nitrogen and oxygen atoms in total. The molecule has 0 aromatic rings. The van der Waals surface area contributed by atoms with E-state index in [4.69, 9.17) is 4.74 Å². The topological polar surface area (TPSA) is 109 Å². The van der Waals surface area contributed by atoms with Crippen LogP contribution in [0.5, 0.6) is 0 Å². The maximum Gasteiger partial charge on any atom is 0.407 e. The quantitative estimate of drug-likeness (QED) is 0.235. The fraction of sp³-hybridized carbons (Fsp3) is 0.857. The van der Waals surface area contributed by atoms with Crippen LogP contribution in [0.2, 0.25) is 0 Å². The summed E-state index contributed by atoms with van der Waals surface area (Å²) >= 11 is 0. The first-order chi connectivity index (χ1) is 10.6. The van der Waals surface area contributed by atoms with Gasteiger partial charge in [-0.25, -0.2) is 13.2 Å². The Labute approximate surface area is 161 Å². The maximum atomic E-state index is 11.5. The van der Waals surface area contributed by atoms with Gasteiger partial charge in [-0.3, -0.25) is 4.99 Å². The minimum Gasteiger partial charge on any atom is -0.444 e. The number of carbonyl (C=O) groups excluding carboxylic acids is 1. The number of rotatable bonds is 5. The second kappa shape index (κ2) is 10.3. The third-order valence-corrected chi connectivity index (χ3v) is 4.88. The van der Waals surface area contributed by atoms with Crippen molar-refractivity contribution >= 4 is 45.9 Å². The second-order valence-electron chi connectivity index (χ2n) is 6.53. The molecule has 1 atom stereocenters. The summed E-state index contributed by atoms with van der Waals surface area (Å²) in [5.41, 5.74) is -0.504. The van der Waals surface area contributed by atoms with E-state index in [0.29, 0.717) is 31.9 Å². The van der Waals surface area contributed by atoms with Crippen molar-refractivity contribution in [2.24, 2.45) is 4.99 Å². The van der Waals surface area contributed by atoms with Crippen molar-refractivity contribution in [3.8, 4) is 0 Å². The molecule has 0 aromatic heterocycles. The van der Waals surface area contributed by atoms with Gasteiger partial charge in [-0.2, -0.15) is 0 Å². The van der Waals surface area contributed by atoms with Crippen LogP contribution in [0.25, 0.3) is 0 Å². The first-order valence-corrected chi connectivity index (χ1v) is 9.58. The first kappa shape index (κ1) is 23.2. The third-order valence-electron chi connectivity index (χ3n) is 3.11. The van der Waals surface area contributed by atoms with Gasteiger partial charge in [0.15, 0.2) is 15.8 Å². The highest BCUT2D eigenvalue weighted by Gasteiger charge is 2.28. The van der Waals surface area contributed by atoms with Crippen molar-refractivity contribution in [1.29, 1.82) is 0 Å². The van der Waals surface area contributed by atoms with Crippen LogP contribution in [0.1, 0.15) is 33.6 Å². The minimum absolute atomic E-state index is 0. The van der Waals surface area contributed by atoms with E-state index in [1.54, 1.807) is 7.05 Å². The van der Waals surface area contributed by atoms with Crippen molar-refractivity contribution in [1.82, 2.24) is 16.0 Å². The number of ether oxygens (including phenoxy) is 1. The van der Waals surface area contributed by atoms with Gasteiger partial charge in [0.1, 0.15) is 5.60 Å². The summed E-state index contributed by atoms with van der Waals surface area (Å²) in [5.74, 6) is 0.944. The standard InChI is InChI=1S/C14H28N4O4S.HI/c1-14(2,3)22-13(19)17-8-5-7-16-12(15-4)18-11-6-9-23(20,21)10-11;/h11H,5-10H2,1-4H3,(H,17,19)(H2,15,16,18);1H. The number of sulfone groups is 1. The fourth-order valence-corrected chi connectivity index (χ4v) is 3.77. The Morgan fingerprint density at radius 2 is 1.88 bits per heavy atom. The Morgan fingerprint density at radius 3 is 2.38 bits per heavy atom. The highest BCUT2D eigenvalue weighted by atomic mass is 127. The molecule has 24 heavy (non-hydrogen) atoms. The molecule has 1 rings (SSSR count). The van der Waals surface area contributed by atoms with Crippen molar-refractivity contribution in [2.75, 3.05) is 31.6 Å². The third kappa shape index (κ3) is 10.2. The predicted octanol–water partition coefficient (Wildman–Crippen LogP) is 0.871. The molecule has 0 bridgehead atoms. The minimum atomic E-state index is -2.91. The monoisotopic (exact) mass is 476 g/mol. The molecule has 0 saturated carbocycles. The molecule has 0 aromatic carbocycles. The molecule has 0 aliphatic carbocycles. The van der Waals surface area contributed by atoms with E-state index in [1.165, 1.54) is 0 Å². The summed E-state index contributed by atoms with van der Waals surface area (Å²) in [6.45, 7) is 6.53. The average Bonchev–Trinajstić information content (AvgIpc) is 2.74. The zero-order valence-corrected chi connectivity index (χ0v) is 17.9. The van der Waals surface area contributed by atoms with Gasteiger partial charge in [-0.1, -0.05) is 0 Å². The second-order valence-corrected chi connectivity index (χ2v) is 8.75. The molecule has 1 aliphatic heterocycles. The maximum absolute atomic E-state index is 11.5. The highest BCUT2D eigenvalue weighted by molar-refractivity contribution is 14.0. The Balaban J connectivity index is 0.00000529. The number of carbonyl (C=O) groups is 1. The molecular weight excluding hydrogens is 447 g/mol. The van der Waals surface area contributed by atoms with E-state index in [2.05, 4.69) is 20.9 Å². The van der Waals surface area contributed by atoms with Gasteiger partial charge >= 0.3 is 6.09 Å². The number of amides is 1. The molecule has 0 radical (unpaired) electrons. The Bertz CT molecular complexity index is 531. The molecule has 1 heterocycles. The molecule has 1 aliphatic rings. The zero-order chi connectivity index (χ0) is 17.5. The van der Waals surface area contributed by atoms with E-state index in [9.17, 15) is 13.2 Å². The number of halogens is 1. The van der Waals surface area contributed by atoms with Crippen molar-refractivity contribution in [3.63, 3.8) is 0 Å². The molecule has 142 valence electrons. The van der Waals surface area contributed by atoms with E-state index in [-0.39, 0.29) is 41.5 Å². The number of guanidine groups is 1. The van der Waals surface area contributed by atoms with Crippen molar-refractivity contribution in [2.45, 2.75) is 45.3 Å². The zero-order valence-electron chi connectivity index (χ0n) is 14.7. The number of nitrogens with zero attached hydrogens (tertiary/aromatic N) is 1. The van der Waals surface area contributed by atoms with Crippen LogP contribution >= 0.6 is 24.0 Å². The van der Waals surface area contributed by atoms with E-state index in [0.717, 1.165) is 0 Å². The lowest BCUT2D eigenvalue weighted by Crippen LogP contribution is -2.44. The number of hydrogen-bond acceptors (Lipinski definition) is 5. The van der Waals surface area contributed by atoms with E-state index in [1.807, 2.05) is 20.8 Å². The highest BCUT2D eigenvalue weighted by Crippen LogP contribution is 2.10. The van der Waals surface area contributed by atoms with Gasteiger partial charge < -0.3 is 20.7 Å². The van der Waals surface area contributed by atoms with Crippen LogP contribution in [0.15, 0.2) is 4.99 Å². The van der Waals surface area contributed by atoms with Crippen LogP contribution < -0.4 is 16.0 Å².